The maximum atomic E-state index is 13.0. The standard InChI is InChI=1S/C23H23N3O2S/c1-16(17-6-4-3-5-7-17)25-14-26-22(27)12-20(21(13-24)23(26)29-15-25)18-8-10-19(28-2)11-9-18/h3-11,16,20H,12,14-15H2,1-2H3/t16-,20+/m0/s1. The van der Waals surface area contributed by atoms with Crippen LogP contribution >= 0.6 is 11.8 Å². The molecule has 0 unspecified atom stereocenters. The molecule has 2 aromatic rings. The van der Waals surface area contributed by atoms with Gasteiger partial charge < -0.3 is 4.74 Å². The van der Waals surface area contributed by atoms with Crippen molar-refractivity contribution in [3.05, 3.63) is 76.3 Å². The highest BCUT2D eigenvalue weighted by Crippen LogP contribution is 2.43. The van der Waals surface area contributed by atoms with E-state index in [0.717, 1.165) is 22.2 Å². The molecule has 1 saturated heterocycles. The lowest BCUT2D eigenvalue weighted by atomic mass is 9.86. The van der Waals surface area contributed by atoms with Gasteiger partial charge in [0.1, 0.15) is 5.75 Å². The summed E-state index contributed by atoms with van der Waals surface area (Å²) in [6.45, 7) is 2.67. The number of nitriles is 1. The Balaban J connectivity index is 1.60. The minimum absolute atomic E-state index is 0.0669. The molecule has 2 aliphatic rings. The number of amides is 1. The van der Waals surface area contributed by atoms with E-state index in [-0.39, 0.29) is 17.9 Å². The summed E-state index contributed by atoms with van der Waals surface area (Å²) in [5.74, 6) is 1.38. The minimum atomic E-state index is -0.199. The molecule has 2 atom stereocenters. The third kappa shape index (κ3) is 3.76. The predicted molar refractivity (Wildman–Crippen MR) is 114 cm³/mol. The number of carbonyl (C=O) groups excluding carboxylic acids is 1. The van der Waals surface area contributed by atoms with Crippen molar-refractivity contribution in [3.8, 4) is 11.8 Å². The Morgan fingerprint density at radius 1 is 1.17 bits per heavy atom. The lowest BCUT2D eigenvalue weighted by molar-refractivity contribution is -0.132. The lowest BCUT2D eigenvalue weighted by Crippen LogP contribution is -2.47. The molecule has 4 rings (SSSR count). The molecule has 29 heavy (non-hydrogen) atoms. The molecule has 0 bridgehead atoms. The molecule has 0 aromatic heterocycles. The molecule has 1 amide bonds. The normalized spacial score (nSPS) is 20.8. The molecule has 0 saturated carbocycles. The zero-order chi connectivity index (χ0) is 20.4. The summed E-state index contributed by atoms with van der Waals surface area (Å²) in [7, 11) is 1.63. The van der Waals surface area contributed by atoms with Gasteiger partial charge in [0.05, 0.1) is 36.3 Å². The van der Waals surface area contributed by atoms with Crippen LogP contribution in [0.1, 0.15) is 36.4 Å². The van der Waals surface area contributed by atoms with Crippen LogP contribution < -0.4 is 4.74 Å². The van der Waals surface area contributed by atoms with Crippen molar-refractivity contribution in [3.63, 3.8) is 0 Å². The number of thioether (sulfide) groups is 1. The molecular weight excluding hydrogens is 382 g/mol. The van der Waals surface area contributed by atoms with Gasteiger partial charge in [0.2, 0.25) is 5.91 Å². The number of fused-ring (bicyclic) bond motifs is 1. The molecule has 0 radical (unpaired) electrons. The largest absolute Gasteiger partial charge is 0.497 e. The second kappa shape index (κ2) is 8.32. The third-order valence-electron chi connectivity index (χ3n) is 5.66. The van der Waals surface area contributed by atoms with Gasteiger partial charge in [0, 0.05) is 18.4 Å². The zero-order valence-corrected chi connectivity index (χ0v) is 17.4. The second-order valence-electron chi connectivity index (χ2n) is 7.27. The quantitative estimate of drug-likeness (QED) is 0.751. The van der Waals surface area contributed by atoms with Gasteiger partial charge in [-0.05, 0) is 30.2 Å². The summed E-state index contributed by atoms with van der Waals surface area (Å²) >= 11 is 1.58. The predicted octanol–water partition coefficient (Wildman–Crippen LogP) is 4.47. The lowest BCUT2D eigenvalue weighted by Gasteiger charge is -2.43. The third-order valence-corrected chi connectivity index (χ3v) is 6.84. The van der Waals surface area contributed by atoms with Crippen molar-refractivity contribution >= 4 is 17.7 Å². The summed E-state index contributed by atoms with van der Waals surface area (Å²) in [5.41, 5.74) is 2.89. The first-order valence-corrected chi connectivity index (χ1v) is 10.6. The number of hydrogen-bond donors (Lipinski definition) is 0. The van der Waals surface area contributed by atoms with E-state index in [1.54, 1.807) is 23.8 Å². The Kier molecular flexibility index (Phi) is 5.61. The van der Waals surface area contributed by atoms with Gasteiger partial charge in [-0.25, -0.2) is 0 Å². The molecule has 148 valence electrons. The number of allylic oxidation sites excluding steroid dienone is 1. The van der Waals surface area contributed by atoms with Crippen molar-refractivity contribution in [2.24, 2.45) is 0 Å². The number of rotatable bonds is 4. The zero-order valence-electron chi connectivity index (χ0n) is 16.5. The molecule has 0 spiro atoms. The number of hydrogen-bond acceptors (Lipinski definition) is 5. The van der Waals surface area contributed by atoms with Gasteiger partial charge in [-0.3, -0.25) is 14.6 Å². The molecule has 2 heterocycles. The summed E-state index contributed by atoms with van der Waals surface area (Å²) in [4.78, 5) is 17.1. The van der Waals surface area contributed by atoms with E-state index in [1.165, 1.54) is 5.56 Å². The molecular formula is C23H23N3O2S. The van der Waals surface area contributed by atoms with Crippen LogP contribution in [-0.4, -0.2) is 35.4 Å². The molecule has 0 aliphatic carbocycles. The van der Waals surface area contributed by atoms with E-state index in [2.05, 4.69) is 30.0 Å². The summed E-state index contributed by atoms with van der Waals surface area (Å²) in [5, 5.41) is 10.7. The smallest absolute Gasteiger partial charge is 0.229 e. The number of carbonyl (C=O) groups is 1. The molecule has 2 aliphatic heterocycles. The van der Waals surface area contributed by atoms with Crippen LogP contribution in [-0.2, 0) is 4.79 Å². The van der Waals surface area contributed by atoms with E-state index in [1.807, 2.05) is 42.5 Å². The van der Waals surface area contributed by atoms with Crippen LogP contribution in [0.5, 0.6) is 5.75 Å². The number of ether oxygens (including phenoxy) is 1. The number of methoxy groups -OCH3 is 1. The monoisotopic (exact) mass is 405 g/mol. The van der Waals surface area contributed by atoms with Crippen LogP contribution in [0, 0.1) is 11.3 Å². The highest BCUT2D eigenvalue weighted by atomic mass is 32.2. The Morgan fingerprint density at radius 2 is 1.90 bits per heavy atom. The van der Waals surface area contributed by atoms with E-state index < -0.39 is 0 Å². The van der Waals surface area contributed by atoms with Crippen LogP contribution in [0.2, 0.25) is 0 Å². The number of nitrogens with zero attached hydrogens (tertiary/aromatic N) is 3. The van der Waals surface area contributed by atoms with Crippen LogP contribution in [0.25, 0.3) is 0 Å². The van der Waals surface area contributed by atoms with Gasteiger partial charge in [-0.2, -0.15) is 5.26 Å². The summed E-state index contributed by atoms with van der Waals surface area (Å²) < 4.78 is 5.23. The van der Waals surface area contributed by atoms with Crippen molar-refractivity contribution in [2.75, 3.05) is 19.7 Å². The van der Waals surface area contributed by atoms with Crippen molar-refractivity contribution < 1.29 is 9.53 Å². The Morgan fingerprint density at radius 3 is 2.55 bits per heavy atom. The molecule has 5 nitrogen and oxygen atoms in total. The average molecular weight is 406 g/mol. The van der Waals surface area contributed by atoms with E-state index in [4.69, 9.17) is 4.74 Å². The fourth-order valence-corrected chi connectivity index (χ4v) is 5.14. The van der Waals surface area contributed by atoms with Gasteiger partial charge in [0.15, 0.2) is 0 Å². The maximum absolute atomic E-state index is 13.0. The van der Waals surface area contributed by atoms with E-state index >= 15 is 0 Å². The second-order valence-corrected chi connectivity index (χ2v) is 8.21. The van der Waals surface area contributed by atoms with Gasteiger partial charge in [0.25, 0.3) is 0 Å². The van der Waals surface area contributed by atoms with Gasteiger partial charge in [-0.1, -0.05) is 54.2 Å². The Hall–Kier alpha value is -2.75. The van der Waals surface area contributed by atoms with E-state index in [9.17, 15) is 10.1 Å². The van der Waals surface area contributed by atoms with Gasteiger partial charge in [-0.15, -0.1) is 0 Å². The fourth-order valence-electron chi connectivity index (χ4n) is 3.88. The molecule has 0 N–H and O–H groups in total. The van der Waals surface area contributed by atoms with E-state index in [0.29, 0.717) is 18.7 Å². The van der Waals surface area contributed by atoms with Crippen molar-refractivity contribution in [1.82, 2.24) is 9.80 Å². The SMILES string of the molecule is COc1ccc([C@H]2CC(=O)N3CN([C@@H](C)c4ccccc4)CSC3=C2C#N)cc1. The highest BCUT2D eigenvalue weighted by molar-refractivity contribution is 8.03. The average Bonchev–Trinajstić information content (AvgIpc) is 2.79. The molecule has 2 aromatic carbocycles. The molecule has 1 fully saturated rings. The summed E-state index contributed by atoms with van der Waals surface area (Å²) in [6, 6.07) is 20.5. The molecule has 6 heteroatoms. The minimum Gasteiger partial charge on any atom is -0.497 e. The topological polar surface area (TPSA) is 56.6 Å². The van der Waals surface area contributed by atoms with Crippen LogP contribution in [0.15, 0.2) is 65.2 Å². The Bertz CT molecular complexity index is 966. The first-order valence-electron chi connectivity index (χ1n) is 9.62. The highest BCUT2D eigenvalue weighted by Gasteiger charge is 2.39. The number of benzene rings is 2. The first kappa shape index (κ1) is 19.6. The van der Waals surface area contributed by atoms with Crippen molar-refractivity contribution in [2.45, 2.75) is 25.3 Å². The van der Waals surface area contributed by atoms with Gasteiger partial charge >= 0.3 is 0 Å². The maximum Gasteiger partial charge on any atom is 0.229 e. The first-order chi connectivity index (χ1) is 14.1. The Labute approximate surface area is 175 Å². The van der Waals surface area contributed by atoms with Crippen LogP contribution in [0.3, 0.4) is 0 Å². The van der Waals surface area contributed by atoms with Crippen LogP contribution in [0.4, 0.5) is 0 Å². The fraction of sp³-hybridized carbons (Fsp3) is 0.304. The summed E-state index contributed by atoms with van der Waals surface area (Å²) in [6.07, 6.45) is 0.312. The van der Waals surface area contributed by atoms with Crippen molar-refractivity contribution in [1.29, 1.82) is 5.26 Å².